The van der Waals surface area contributed by atoms with E-state index in [-0.39, 0.29) is 5.69 Å². The fourth-order valence-electron chi connectivity index (χ4n) is 1.31. The van der Waals surface area contributed by atoms with Gasteiger partial charge in [0.15, 0.2) is 0 Å². The zero-order chi connectivity index (χ0) is 13.6. The number of amides is 2. The number of carbonyl (C=O) groups is 1. The molecule has 0 atom stereocenters. The van der Waals surface area contributed by atoms with Crippen LogP contribution in [-0.4, -0.2) is 26.2 Å². The number of para-hydroxylation sites is 1. The van der Waals surface area contributed by atoms with Gasteiger partial charge in [-0.15, -0.1) is 0 Å². The lowest BCUT2D eigenvalue weighted by Crippen LogP contribution is -2.34. The number of halogens is 3. The molecular weight excluding hydrogens is 247 g/mol. The lowest BCUT2D eigenvalue weighted by atomic mass is 10.1. The maximum atomic E-state index is 12.6. The summed E-state index contributed by atoms with van der Waals surface area (Å²) < 4.78 is 37.9. The lowest BCUT2D eigenvalue weighted by Gasteiger charge is -2.13. The minimum absolute atomic E-state index is 0.257. The predicted octanol–water partition coefficient (Wildman–Crippen LogP) is 2.05. The normalized spacial score (nSPS) is 11.1. The molecule has 0 radical (unpaired) electrons. The van der Waals surface area contributed by atoms with Crippen LogP contribution in [0.5, 0.6) is 0 Å². The first kappa shape index (κ1) is 14.3. The van der Waals surface area contributed by atoms with Crippen LogP contribution in [0.25, 0.3) is 0 Å². The number of hydrogen-bond donors (Lipinski definition) is 3. The number of nitrogens with one attached hydrogen (secondary N) is 3. The first-order valence-electron chi connectivity index (χ1n) is 5.31. The molecule has 0 saturated carbocycles. The molecule has 7 heteroatoms. The quantitative estimate of drug-likeness (QED) is 0.726. The Hall–Kier alpha value is -1.76. The molecule has 2 amide bonds. The Kier molecular flexibility index (Phi) is 4.96. The number of benzene rings is 1. The van der Waals surface area contributed by atoms with Crippen LogP contribution in [0.15, 0.2) is 24.3 Å². The summed E-state index contributed by atoms with van der Waals surface area (Å²) in [5, 5.41) is 7.41. The molecule has 100 valence electrons. The van der Waals surface area contributed by atoms with Crippen molar-refractivity contribution < 1.29 is 18.0 Å². The van der Waals surface area contributed by atoms with Crippen molar-refractivity contribution >= 4 is 11.7 Å². The second-order valence-electron chi connectivity index (χ2n) is 3.53. The monoisotopic (exact) mass is 261 g/mol. The molecule has 0 aliphatic rings. The highest BCUT2D eigenvalue weighted by Crippen LogP contribution is 2.34. The van der Waals surface area contributed by atoms with Gasteiger partial charge in [0, 0.05) is 13.1 Å². The Labute approximate surface area is 103 Å². The highest BCUT2D eigenvalue weighted by atomic mass is 19.4. The van der Waals surface area contributed by atoms with Crippen LogP contribution in [0, 0.1) is 0 Å². The second kappa shape index (κ2) is 6.25. The largest absolute Gasteiger partial charge is 0.418 e. The lowest BCUT2D eigenvalue weighted by molar-refractivity contribution is -0.136. The van der Waals surface area contributed by atoms with E-state index < -0.39 is 17.8 Å². The van der Waals surface area contributed by atoms with Gasteiger partial charge < -0.3 is 16.0 Å². The van der Waals surface area contributed by atoms with Crippen molar-refractivity contribution in [1.29, 1.82) is 0 Å². The van der Waals surface area contributed by atoms with E-state index in [4.69, 9.17) is 0 Å². The van der Waals surface area contributed by atoms with Gasteiger partial charge in [-0.1, -0.05) is 12.1 Å². The highest BCUT2D eigenvalue weighted by Gasteiger charge is 2.33. The van der Waals surface area contributed by atoms with Gasteiger partial charge in [0.25, 0.3) is 0 Å². The number of carbonyl (C=O) groups excluding carboxylic acids is 1. The van der Waals surface area contributed by atoms with Crippen molar-refractivity contribution in [2.75, 3.05) is 25.5 Å². The summed E-state index contributed by atoms with van der Waals surface area (Å²) in [6.07, 6.45) is -4.49. The summed E-state index contributed by atoms with van der Waals surface area (Å²) >= 11 is 0. The van der Waals surface area contributed by atoms with Gasteiger partial charge in [-0.05, 0) is 19.2 Å². The van der Waals surface area contributed by atoms with E-state index in [0.717, 1.165) is 6.07 Å². The molecule has 0 aliphatic carbocycles. The molecule has 0 saturated heterocycles. The fraction of sp³-hybridized carbons (Fsp3) is 0.364. The van der Waals surface area contributed by atoms with Crippen molar-refractivity contribution in [3.05, 3.63) is 29.8 Å². The van der Waals surface area contributed by atoms with Crippen molar-refractivity contribution in [1.82, 2.24) is 10.6 Å². The van der Waals surface area contributed by atoms with Gasteiger partial charge in [-0.25, -0.2) is 4.79 Å². The van der Waals surface area contributed by atoms with Crippen molar-refractivity contribution in [2.24, 2.45) is 0 Å². The highest BCUT2D eigenvalue weighted by molar-refractivity contribution is 5.90. The van der Waals surface area contributed by atoms with E-state index in [1.807, 2.05) is 0 Å². The molecule has 0 bridgehead atoms. The number of alkyl halides is 3. The van der Waals surface area contributed by atoms with E-state index in [0.29, 0.717) is 13.1 Å². The first-order valence-corrected chi connectivity index (χ1v) is 5.31. The Morgan fingerprint density at radius 1 is 1.22 bits per heavy atom. The standard InChI is InChI=1S/C11H14F3N3O/c1-15-6-7-16-10(18)17-9-5-3-2-4-8(9)11(12,13)14/h2-5,15H,6-7H2,1H3,(H2,16,17,18). The summed E-state index contributed by atoms with van der Waals surface area (Å²) in [6, 6.07) is 4.16. The molecule has 0 unspecified atom stereocenters. The first-order chi connectivity index (χ1) is 8.45. The molecule has 1 rings (SSSR count). The molecule has 0 aromatic heterocycles. The summed E-state index contributed by atoms with van der Waals surface area (Å²) in [6.45, 7) is 0.866. The zero-order valence-corrected chi connectivity index (χ0v) is 9.77. The van der Waals surface area contributed by atoms with E-state index in [9.17, 15) is 18.0 Å². The average Bonchev–Trinajstić information content (AvgIpc) is 2.28. The van der Waals surface area contributed by atoms with Crippen LogP contribution >= 0.6 is 0 Å². The molecular formula is C11H14F3N3O. The van der Waals surface area contributed by atoms with Crippen LogP contribution in [0.1, 0.15) is 5.56 Å². The van der Waals surface area contributed by atoms with Crippen molar-refractivity contribution in [3.63, 3.8) is 0 Å². The van der Waals surface area contributed by atoms with E-state index in [1.165, 1.54) is 18.2 Å². The molecule has 0 spiro atoms. The fourth-order valence-corrected chi connectivity index (χ4v) is 1.31. The average molecular weight is 261 g/mol. The third-order valence-electron chi connectivity index (χ3n) is 2.14. The Bertz CT molecular complexity index is 407. The number of likely N-dealkylation sites (N-methyl/N-ethyl adjacent to an activating group) is 1. The van der Waals surface area contributed by atoms with Crippen molar-refractivity contribution in [3.8, 4) is 0 Å². The predicted molar refractivity (Wildman–Crippen MR) is 62.4 cm³/mol. The van der Waals surface area contributed by atoms with E-state index in [2.05, 4.69) is 16.0 Å². The molecule has 4 nitrogen and oxygen atoms in total. The molecule has 1 aromatic rings. The minimum Gasteiger partial charge on any atom is -0.337 e. The third-order valence-corrected chi connectivity index (χ3v) is 2.14. The van der Waals surface area contributed by atoms with Crippen LogP contribution in [0.4, 0.5) is 23.7 Å². The topological polar surface area (TPSA) is 53.2 Å². The number of hydrogen-bond acceptors (Lipinski definition) is 2. The maximum absolute atomic E-state index is 12.6. The van der Waals surface area contributed by atoms with E-state index in [1.54, 1.807) is 7.05 Å². The molecule has 0 heterocycles. The van der Waals surface area contributed by atoms with Crippen molar-refractivity contribution in [2.45, 2.75) is 6.18 Å². The van der Waals surface area contributed by atoms with Gasteiger partial charge in [-0.3, -0.25) is 0 Å². The summed E-state index contributed by atoms with van der Waals surface area (Å²) in [5.74, 6) is 0. The minimum atomic E-state index is -4.49. The second-order valence-corrected chi connectivity index (χ2v) is 3.53. The Morgan fingerprint density at radius 3 is 2.50 bits per heavy atom. The molecule has 18 heavy (non-hydrogen) atoms. The molecule has 0 aliphatic heterocycles. The molecule has 3 N–H and O–H groups in total. The Balaban J connectivity index is 2.70. The summed E-state index contributed by atoms with van der Waals surface area (Å²) in [5.41, 5.74) is -1.12. The summed E-state index contributed by atoms with van der Waals surface area (Å²) in [7, 11) is 1.71. The van der Waals surface area contributed by atoms with Gasteiger partial charge in [0.1, 0.15) is 0 Å². The van der Waals surface area contributed by atoms with Gasteiger partial charge in [0.05, 0.1) is 11.3 Å². The Morgan fingerprint density at radius 2 is 1.89 bits per heavy atom. The van der Waals surface area contributed by atoms with Gasteiger partial charge >= 0.3 is 12.2 Å². The van der Waals surface area contributed by atoms with Crippen LogP contribution in [-0.2, 0) is 6.18 Å². The summed E-state index contributed by atoms with van der Waals surface area (Å²) in [4.78, 5) is 11.3. The number of rotatable bonds is 4. The molecule has 0 fully saturated rings. The number of anilines is 1. The van der Waals surface area contributed by atoms with Crippen LogP contribution < -0.4 is 16.0 Å². The van der Waals surface area contributed by atoms with Crippen LogP contribution in [0.2, 0.25) is 0 Å². The van der Waals surface area contributed by atoms with Gasteiger partial charge in [-0.2, -0.15) is 13.2 Å². The smallest absolute Gasteiger partial charge is 0.337 e. The van der Waals surface area contributed by atoms with E-state index >= 15 is 0 Å². The SMILES string of the molecule is CNCCNC(=O)Nc1ccccc1C(F)(F)F. The number of urea groups is 1. The van der Waals surface area contributed by atoms with Gasteiger partial charge in [0.2, 0.25) is 0 Å². The molecule has 1 aromatic carbocycles. The third kappa shape index (κ3) is 4.25. The zero-order valence-electron chi connectivity index (χ0n) is 9.77. The maximum Gasteiger partial charge on any atom is 0.418 e. The van der Waals surface area contributed by atoms with Crippen LogP contribution in [0.3, 0.4) is 0 Å².